The van der Waals surface area contributed by atoms with E-state index in [1.807, 2.05) is 18.2 Å². The normalized spacial score (nSPS) is 17.8. The third-order valence-electron chi connectivity index (χ3n) is 4.00. The minimum Gasteiger partial charge on any atom is -0.346 e. The van der Waals surface area contributed by atoms with Crippen molar-refractivity contribution < 1.29 is 4.79 Å². The molecule has 0 saturated carbocycles. The standard InChI is InChI=1S/C17H21N5O/c1-13-5-4-8-22(12-13)17-20-9-14(10-21-17)16(23)19-11-15-6-2-3-7-18-15/h2-3,6-7,9-10,13H,4-5,8,11-12H2,1H3,(H,19,23). The lowest BCUT2D eigenvalue weighted by Gasteiger charge is -2.30. The van der Waals surface area contributed by atoms with Gasteiger partial charge in [0.2, 0.25) is 5.95 Å². The number of nitrogens with one attached hydrogen (secondary N) is 1. The Kier molecular flexibility index (Phi) is 4.80. The van der Waals surface area contributed by atoms with Crippen molar-refractivity contribution in [2.24, 2.45) is 5.92 Å². The first-order valence-corrected chi connectivity index (χ1v) is 7.97. The van der Waals surface area contributed by atoms with E-state index in [-0.39, 0.29) is 5.91 Å². The van der Waals surface area contributed by atoms with Crippen molar-refractivity contribution in [3.05, 3.63) is 48.0 Å². The van der Waals surface area contributed by atoms with Crippen LogP contribution in [0, 0.1) is 5.92 Å². The smallest absolute Gasteiger partial charge is 0.254 e. The number of piperidine rings is 1. The van der Waals surface area contributed by atoms with Crippen molar-refractivity contribution in [3.63, 3.8) is 0 Å². The first-order chi connectivity index (χ1) is 11.2. The molecule has 1 N–H and O–H groups in total. The summed E-state index contributed by atoms with van der Waals surface area (Å²) in [5.41, 5.74) is 1.29. The van der Waals surface area contributed by atoms with Crippen molar-refractivity contribution in [1.29, 1.82) is 0 Å². The second-order valence-corrected chi connectivity index (χ2v) is 5.97. The van der Waals surface area contributed by atoms with Crippen LogP contribution in [0.3, 0.4) is 0 Å². The monoisotopic (exact) mass is 311 g/mol. The fraction of sp³-hybridized carbons (Fsp3) is 0.412. The van der Waals surface area contributed by atoms with E-state index in [0.29, 0.717) is 24.0 Å². The molecule has 0 radical (unpaired) electrons. The summed E-state index contributed by atoms with van der Waals surface area (Å²) in [6.45, 7) is 4.59. The topological polar surface area (TPSA) is 71.0 Å². The maximum atomic E-state index is 12.1. The summed E-state index contributed by atoms with van der Waals surface area (Å²) in [6.07, 6.45) is 7.31. The summed E-state index contributed by atoms with van der Waals surface area (Å²) in [5, 5.41) is 2.83. The van der Waals surface area contributed by atoms with Crippen LogP contribution < -0.4 is 10.2 Å². The average Bonchev–Trinajstić information content (AvgIpc) is 2.61. The summed E-state index contributed by atoms with van der Waals surface area (Å²) < 4.78 is 0. The van der Waals surface area contributed by atoms with E-state index in [1.165, 1.54) is 6.42 Å². The molecule has 2 aromatic heterocycles. The molecule has 1 aliphatic heterocycles. The molecule has 3 heterocycles. The molecule has 1 fully saturated rings. The quantitative estimate of drug-likeness (QED) is 0.935. The van der Waals surface area contributed by atoms with Gasteiger partial charge in [-0.05, 0) is 30.9 Å². The van der Waals surface area contributed by atoms with Gasteiger partial charge >= 0.3 is 0 Å². The SMILES string of the molecule is CC1CCCN(c2ncc(C(=O)NCc3ccccn3)cn2)C1. The first kappa shape index (κ1) is 15.4. The highest BCUT2D eigenvalue weighted by Gasteiger charge is 2.18. The number of amides is 1. The van der Waals surface area contributed by atoms with Gasteiger partial charge in [-0.15, -0.1) is 0 Å². The van der Waals surface area contributed by atoms with E-state index in [2.05, 4.69) is 32.1 Å². The predicted octanol–water partition coefficient (Wildman–Crippen LogP) is 2.04. The number of hydrogen-bond donors (Lipinski definition) is 1. The van der Waals surface area contributed by atoms with Gasteiger partial charge in [-0.1, -0.05) is 13.0 Å². The summed E-state index contributed by atoms with van der Waals surface area (Å²) >= 11 is 0. The van der Waals surface area contributed by atoms with E-state index in [0.717, 1.165) is 25.2 Å². The molecule has 6 nitrogen and oxygen atoms in total. The van der Waals surface area contributed by atoms with E-state index >= 15 is 0 Å². The number of pyridine rings is 1. The number of carbonyl (C=O) groups is 1. The summed E-state index contributed by atoms with van der Waals surface area (Å²) in [5.74, 6) is 1.18. The number of anilines is 1. The number of rotatable bonds is 4. The lowest BCUT2D eigenvalue weighted by Crippen LogP contribution is -2.35. The highest BCUT2D eigenvalue weighted by Crippen LogP contribution is 2.19. The molecule has 0 aliphatic carbocycles. The second kappa shape index (κ2) is 7.17. The fourth-order valence-corrected chi connectivity index (χ4v) is 2.75. The minimum atomic E-state index is -0.186. The molecule has 1 aliphatic rings. The lowest BCUT2D eigenvalue weighted by molar-refractivity contribution is 0.0949. The van der Waals surface area contributed by atoms with Crippen LogP contribution in [0.4, 0.5) is 5.95 Å². The largest absolute Gasteiger partial charge is 0.346 e. The van der Waals surface area contributed by atoms with Crippen molar-refractivity contribution in [2.75, 3.05) is 18.0 Å². The number of nitrogens with zero attached hydrogens (tertiary/aromatic N) is 4. The number of aromatic nitrogens is 3. The number of carbonyl (C=O) groups excluding carboxylic acids is 1. The van der Waals surface area contributed by atoms with Crippen LogP contribution >= 0.6 is 0 Å². The van der Waals surface area contributed by atoms with Gasteiger partial charge in [0.15, 0.2) is 0 Å². The Morgan fingerprint density at radius 2 is 2.13 bits per heavy atom. The molecule has 23 heavy (non-hydrogen) atoms. The Labute approximate surface area is 136 Å². The van der Waals surface area contributed by atoms with Crippen LogP contribution in [0.25, 0.3) is 0 Å². The van der Waals surface area contributed by atoms with Crippen LogP contribution in [0.15, 0.2) is 36.8 Å². The molecule has 1 amide bonds. The maximum absolute atomic E-state index is 12.1. The Bertz CT molecular complexity index is 644. The second-order valence-electron chi connectivity index (χ2n) is 5.97. The number of hydrogen-bond acceptors (Lipinski definition) is 5. The van der Waals surface area contributed by atoms with Crippen LogP contribution in [0.5, 0.6) is 0 Å². The first-order valence-electron chi connectivity index (χ1n) is 7.97. The Hall–Kier alpha value is -2.50. The Morgan fingerprint density at radius 3 is 2.83 bits per heavy atom. The van der Waals surface area contributed by atoms with Gasteiger partial charge in [-0.2, -0.15) is 0 Å². The van der Waals surface area contributed by atoms with E-state index in [4.69, 9.17) is 0 Å². The Morgan fingerprint density at radius 1 is 1.30 bits per heavy atom. The molecule has 1 saturated heterocycles. The van der Waals surface area contributed by atoms with E-state index in [9.17, 15) is 4.79 Å². The van der Waals surface area contributed by atoms with Gasteiger partial charge in [0, 0.05) is 31.7 Å². The molecule has 2 aromatic rings. The van der Waals surface area contributed by atoms with Gasteiger partial charge in [0.05, 0.1) is 17.8 Å². The summed E-state index contributed by atoms with van der Waals surface area (Å²) in [4.78, 5) is 27.2. The predicted molar refractivity (Wildman–Crippen MR) is 88.1 cm³/mol. The zero-order valence-electron chi connectivity index (χ0n) is 13.3. The molecule has 6 heteroatoms. The molecular formula is C17H21N5O. The Balaban J connectivity index is 1.59. The average molecular weight is 311 g/mol. The summed E-state index contributed by atoms with van der Waals surface area (Å²) in [6, 6.07) is 5.61. The molecule has 0 bridgehead atoms. The third-order valence-corrected chi connectivity index (χ3v) is 4.00. The molecule has 0 spiro atoms. The highest BCUT2D eigenvalue weighted by molar-refractivity contribution is 5.93. The fourth-order valence-electron chi connectivity index (χ4n) is 2.75. The van der Waals surface area contributed by atoms with Crippen LogP contribution in [-0.4, -0.2) is 33.9 Å². The molecule has 120 valence electrons. The van der Waals surface area contributed by atoms with Gasteiger partial charge in [-0.3, -0.25) is 9.78 Å². The van der Waals surface area contributed by atoms with Gasteiger partial charge in [0.25, 0.3) is 5.91 Å². The molecule has 1 atom stereocenters. The van der Waals surface area contributed by atoms with Crippen LogP contribution in [-0.2, 0) is 6.54 Å². The van der Waals surface area contributed by atoms with Crippen molar-refractivity contribution in [1.82, 2.24) is 20.3 Å². The molecule has 0 aromatic carbocycles. The third kappa shape index (κ3) is 4.03. The summed E-state index contributed by atoms with van der Waals surface area (Å²) in [7, 11) is 0. The maximum Gasteiger partial charge on any atom is 0.254 e. The van der Waals surface area contributed by atoms with Gasteiger partial charge in [0.1, 0.15) is 0 Å². The van der Waals surface area contributed by atoms with Crippen molar-refractivity contribution in [2.45, 2.75) is 26.3 Å². The van der Waals surface area contributed by atoms with E-state index < -0.39 is 0 Å². The molecule has 1 unspecified atom stereocenters. The van der Waals surface area contributed by atoms with E-state index in [1.54, 1.807) is 18.6 Å². The minimum absolute atomic E-state index is 0.186. The lowest BCUT2D eigenvalue weighted by atomic mass is 10.0. The van der Waals surface area contributed by atoms with Gasteiger partial charge < -0.3 is 10.2 Å². The van der Waals surface area contributed by atoms with Crippen molar-refractivity contribution in [3.8, 4) is 0 Å². The molecule has 3 rings (SSSR count). The zero-order chi connectivity index (χ0) is 16.1. The van der Waals surface area contributed by atoms with Crippen molar-refractivity contribution >= 4 is 11.9 Å². The highest BCUT2D eigenvalue weighted by atomic mass is 16.1. The van der Waals surface area contributed by atoms with Crippen LogP contribution in [0.1, 0.15) is 35.8 Å². The zero-order valence-corrected chi connectivity index (χ0v) is 13.3. The van der Waals surface area contributed by atoms with Gasteiger partial charge in [-0.25, -0.2) is 9.97 Å². The van der Waals surface area contributed by atoms with Crippen LogP contribution in [0.2, 0.25) is 0 Å². The molecular weight excluding hydrogens is 290 g/mol.